The number of hydrogen-bond acceptors (Lipinski definition) is 5. The van der Waals surface area contributed by atoms with E-state index in [1.807, 2.05) is 12.1 Å². The number of anilines is 1. The third-order valence-corrected chi connectivity index (χ3v) is 3.80. The van der Waals surface area contributed by atoms with E-state index in [0.29, 0.717) is 25.1 Å². The first-order chi connectivity index (χ1) is 11.1. The van der Waals surface area contributed by atoms with Gasteiger partial charge in [0.05, 0.1) is 13.2 Å². The lowest BCUT2D eigenvalue weighted by Crippen LogP contribution is -2.41. The molecule has 1 aliphatic rings. The smallest absolute Gasteiger partial charge is 0.221 e. The van der Waals surface area contributed by atoms with Crippen molar-refractivity contribution in [3.63, 3.8) is 0 Å². The minimum atomic E-state index is 0.0356. The number of benzene rings is 1. The van der Waals surface area contributed by atoms with Gasteiger partial charge in [-0.25, -0.2) is 0 Å². The Hall–Kier alpha value is -1.92. The molecule has 1 aromatic rings. The van der Waals surface area contributed by atoms with Gasteiger partial charge in [-0.15, -0.1) is 0 Å². The van der Waals surface area contributed by atoms with Gasteiger partial charge in [0.15, 0.2) is 5.78 Å². The molecule has 1 amide bonds. The number of morpholine rings is 1. The minimum Gasteiger partial charge on any atom is -0.385 e. The van der Waals surface area contributed by atoms with E-state index in [2.05, 4.69) is 15.5 Å². The Labute approximate surface area is 137 Å². The molecular formula is C17H25N3O3. The molecule has 0 spiro atoms. The van der Waals surface area contributed by atoms with Crippen molar-refractivity contribution in [2.45, 2.75) is 13.3 Å². The molecule has 1 saturated heterocycles. The van der Waals surface area contributed by atoms with E-state index in [9.17, 15) is 9.59 Å². The summed E-state index contributed by atoms with van der Waals surface area (Å²) < 4.78 is 5.29. The van der Waals surface area contributed by atoms with Crippen LogP contribution in [0.4, 0.5) is 5.69 Å². The number of hydrogen-bond donors (Lipinski definition) is 2. The van der Waals surface area contributed by atoms with Crippen LogP contribution in [0.2, 0.25) is 0 Å². The van der Waals surface area contributed by atoms with Gasteiger partial charge in [-0.3, -0.25) is 14.5 Å². The standard InChI is InChI=1S/C17H25N3O3/c1-14(21)15-3-2-4-16(13-15)18-6-5-17(22)19-7-8-20-9-11-23-12-10-20/h2-4,13,18H,5-12H2,1H3,(H,19,22). The van der Waals surface area contributed by atoms with Gasteiger partial charge in [0, 0.05) is 50.4 Å². The molecule has 0 radical (unpaired) electrons. The summed E-state index contributed by atoms with van der Waals surface area (Å²) in [5.41, 5.74) is 1.53. The van der Waals surface area contributed by atoms with Crippen molar-refractivity contribution in [3.05, 3.63) is 29.8 Å². The van der Waals surface area contributed by atoms with Crippen molar-refractivity contribution in [1.29, 1.82) is 0 Å². The summed E-state index contributed by atoms with van der Waals surface area (Å²) in [4.78, 5) is 25.4. The monoisotopic (exact) mass is 319 g/mol. The number of carbonyl (C=O) groups is 2. The second kappa shape index (κ2) is 9.27. The van der Waals surface area contributed by atoms with Gasteiger partial charge in [0.1, 0.15) is 0 Å². The van der Waals surface area contributed by atoms with E-state index in [4.69, 9.17) is 4.74 Å². The minimum absolute atomic E-state index is 0.0356. The van der Waals surface area contributed by atoms with E-state index in [0.717, 1.165) is 38.5 Å². The SMILES string of the molecule is CC(=O)c1cccc(NCCC(=O)NCCN2CCOCC2)c1. The lowest BCUT2D eigenvalue weighted by Gasteiger charge is -2.26. The van der Waals surface area contributed by atoms with Crippen LogP contribution in [0.1, 0.15) is 23.7 Å². The lowest BCUT2D eigenvalue weighted by atomic mass is 10.1. The second-order valence-electron chi connectivity index (χ2n) is 5.62. The number of nitrogens with one attached hydrogen (secondary N) is 2. The third kappa shape index (κ3) is 6.38. The quantitative estimate of drug-likeness (QED) is 0.703. The van der Waals surface area contributed by atoms with Crippen LogP contribution >= 0.6 is 0 Å². The number of Topliss-reactive ketones (excluding diaryl/α,β-unsaturated/α-hetero) is 1. The van der Waals surface area contributed by atoms with Gasteiger partial charge in [-0.1, -0.05) is 12.1 Å². The second-order valence-corrected chi connectivity index (χ2v) is 5.62. The number of carbonyl (C=O) groups excluding carboxylic acids is 2. The van der Waals surface area contributed by atoms with Gasteiger partial charge in [-0.05, 0) is 19.1 Å². The predicted molar refractivity (Wildman–Crippen MR) is 89.8 cm³/mol. The molecule has 0 atom stereocenters. The normalized spacial score (nSPS) is 15.2. The molecule has 6 nitrogen and oxygen atoms in total. The molecule has 2 rings (SSSR count). The summed E-state index contributed by atoms with van der Waals surface area (Å²) in [6.07, 6.45) is 0.410. The molecule has 1 heterocycles. The molecule has 1 fully saturated rings. The van der Waals surface area contributed by atoms with Crippen molar-refractivity contribution < 1.29 is 14.3 Å². The van der Waals surface area contributed by atoms with Crippen LogP contribution in [-0.4, -0.2) is 62.5 Å². The van der Waals surface area contributed by atoms with Crippen molar-refractivity contribution in [1.82, 2.24) is 10.2 Å². The Bertz CT molecular complexity index is 528. The van der Waals surface area contributed by atoms with Crippen LogP contribution in [0.25, 0.3) is 0 Å². The van der Waals surface area contributed by atoms with E-state index >= 15 is 0 Å². The maximum atomic E-state index is 11.8. The van der Waals surface area contributed by atoms with Crippen LogP contribution < -0.4 is 10.6 Å². The van der Waals surface area contributed by atoms with Crippen molar-refractivity contribution in [3.8, 4) is 0 Å². The first-order valence-corrected chi connectivity index (χ1v) is 8.07. The first kappa shape index (κ1) is 17.4. The van der Waals surface area contributed by atoms with Gasteiger partial charge < -0.3 is 15.4 Å². The largest absolute Gasteiger partial charge is 0.385 e. The molecule has 1 aromatic carbocycles. The number of ether oxygens (including phenoxy) is 1. The zero-order valence-electron chi connectivity index (χ0n) is 13.6. The Kier molecular flexibility index (Phi) is 7.03. The highest BCUT2D eigenvalue weighted by molar-refractivity contribution is 5.94. The highest BCUT2D eigenvalue weighted by atomic mass is 16.5. The van der Waals surface area contributed by atoms with Crippen molar-refractivity contribution in [2.24, 2.45) is 0 Å². The molecule has 2 N–H and O–H groups in total. The van der Waals surface area contributed by atoms with Crippen molar-refractivity contribution in [2.75, 3.05) is 51.3 Å². The average Bonchev–Trinajstić information content (AvgIpc) is 2.56. The van der Waals surface area contributed by atoms with Gasteiger partial charge in [0.2, 0.25) is 5.91 Å². The number of ketones is 1. The number of rotatable bonds is 8. The Morgan fingerprint density at radius 2 is 2.00 bits per heavy atom. The summed E-state index contributed by atoms with van der Waals surface area (Å²) >= 11 is 0. The summed E-state index contributed by atoms with van der Waals surface area (Å²) in [7, 11) is 0. The fourth-order valence-electron chi connectivity index (χ4n) is 2.44. The van der Waals surface area contributed by atoms with E-state index in [-0.39, 0.29) is 11.7 Å². The van der Waals surface area contributed by atoms with Crippen LogP contribution in [0.15, 0.2) is 24.3 Å². The van der Waals surface area contributed by atoms with Crippen molar-refractivity contribution >= 4 is 17.4 Å². The van der Waals surface area contributed by atoms with E-state index in [1.165, 1.54) is 0 Å². The van der Waals surface area contributed by atoms with Crippen LogP contribution in [0, 0.1) is 0 Å². The van der Waals surface area contributed by atoms with Crippen LogP contribution in [0.5, 0.6) is 0 Å². The number of nitrogens with zero attached hydrogens (tertiary/aromatic N) is 1. The summed E-state index contributed by atoms with van der Waals surface area (Å²) in [6.45, 7) is 7.04. The molecule has 0 aliphatic carbocycles. The lowest BCUT2D eigenvalue weighted by molar-refractivity contribution is -0.120. The zero-order chi connectivity index (χ0) is 16.5. The third-order valence-electron chi connectivity index (χ3n) is 3.80. The predicted octanol–water partition coefficient (Wildman–Crippen LogP) is 1.14. The van der Waals surface area contributed by atoms with Gasteiger partial charge >= 0.3 is 0 Å². The molecule has 0 saturated carbocycles. The maximum absolute atomic E-state index is 11.8. The molecule has 1 aliphatic heterocycles. The molecule has 0 bridgehead atoms. The molecule has 6 heteroatoms. The maximum Gasteiger partial charge on any atom is 0.221 e. The molecule has 23 heavy (non-hydrogen) atoms. The molecule has 0 unspecified atom stereocenters. The Morgan fingerprint density at radius 3 is 2.74 bits per heavy atom. The summed E-state index contributed by atoms with van der Waals surface area (Å²) in [5.74, 6) is 0.0722. The Morgan fingerprint density at radius 1 is 1.22 bits per heavy atom. The fraction of sp³-hybridized carbons (Fsp3) is 0.529. The average molecular weight is 319 g/mol. The summed E-state index contributed by atoms with van der Waals surface area (Å²) in [5, 5.41) is 6.10. The summed E-state index contributed by atoms with van der Waals surface area (Å²) in [6, 6.07) is 7.31. The fourth-order valence-corrected chi connectivity index (χ4v) is 2.44. The first-order valence-electron chi connectivity index (χ1n) is 8.07. The molecule has 0 aromatic heterocycles. The zero-order valence-corrected chi connectivity index (χ0v) is 13.6. The van der Waals surface area contributed by atoms with E-state index < -0.39 is 0 Å². The van der Waals surface area contributed by atoms with Gasteiger partial charge in [-0.2, -0.15) is 0 Å². The highest BCUT2D eigenvalue weighted by Crippen LogP contribution is 2.10. The highest BCUT2D eigenvalue weighted by Gasteiger charge is 2.10. The van der Waals surface area contributed by atoms with Crippen LogP contribution in [0.3, 0.4) is 0 Å². The molecule has 126 valence electrons. The number of amides is 1. The van der Waals surface area contributed by atoms with E-state index in [1.54, 1.807) is 19.1 Å². The topological polar surface area (TPSA) is 70.7 Å². The van der Waals surface area contributed by atoms with Gasteiger partial charge in [0.25, 0.3) is 0 Å². The Balaban J connectivity index is 1.60. The molecular weight excluding hydrogens is 294 g/mol. The van der Waals surface area contributed by atoms with Crippen LogP contribution in [-0.2, 0) is 9.53 Å².